The Balaban J connectivity index is 1.59. The Kier molecular flexibility index (Phi) is 5.15. The van der Waals surface area contributed by atoms with E-state index in [2.05, 4.69) is 5.32 Å². The number of halogens is 2. The van der Waals surface area contributed by atoms with Crippen molar-refractivity contribution in [1.82, 2.24) is 5.32 Å². The van der Waals surface area contributed by atoms with Gasteiger partial charge in [0.25, 0.3) is 0 Å². The number of rotatable bonds is 4. The highest BCUT2D eigenvalue weighted by molar-refractivity contribution is 6.31. The number of esters is 1. The lowest BCUT2D eigenvalue weighted by molar-refractivity contribution is -0.141. The zero-order valence-electron chi connectivity index (χ0n) is 15.5. The van der Waals surface area contributed by atoms with Gasteiger partial charge in [0.05, 0.1) is 5.57 Å². The van der Waals surface area contributed by atoms with Crippen molar-refractivity contribution in [3.63, 3.8) is 0 Å². The van der Waals surface area contributed by atoms with Crippen LogP contribution in [0.2, 0.25) is 5.02 Å². The van der Waals surface area contributed by atoms with Gasteiger partial charge in [-0.25, -0.2) is 9.18 Å². The number of ether oxygens (including phenoxy) is 3. The molecule has 0 radical (unpaired) electrons. The first-order valence-electron chi connectivity index (χ1n) is 8.94. The topological polar surface area (TPSA) is 73.9 Å². The minimum Gasteiger partial charge on any atom is -0.457 e. The van der Waals surface area contributed by atoms with Crippen LogP contribution in [0.25, 0.3) is 0 Å². The second kappa shape index (κ2) is 7.75. The molecular weight excluding hydrogens is 401 g/mol. The molecule has 0 fully saturated rings. The number of hydrogen-bond acceptors (Lipinski definition) is 5. The largest absolute Gasteiger partial charge is 0.457 e. The van der Waals surface area contributed by atoms with E-state index < -0.39 is 17.7 Å². The zero-order chi connectivity index (χ0) is 20.5. The number of carbonyl (C=O) groups is 2. The van der Waals surface area contributed by atoms with E-state index in [1.165, 1.54) is 18.2 Å². The Hall–Kier alpha value is -3.06. The summed E-state index contributed by atoms with van der Waals surface area (Å²) in [5.74, 6) is -1.17. The van der Waals surface area contributed by atoms with Crippen molar-refractivity contribution in [2.75, 3.05) is 6.79 Å². The summed E-state index contributed by atoms with van der Waals surface area (Å²) in [6.07, 6.45) is -0.105. The van der Waals surface area contributed by atoms with Crippen LogP contribution in [-0.2, 0) is 20.9 Å². The second-order valence-electron chi connectivity index (χ2n) is 6.74. The minimum atomic E-state index is -0.832. The molecule has 0 spiro atoms. The van der Waals surface area contributed by atoms with E-state index in [-0.39, 0.29) is 41.9 Å². The van der Waals surface area contributed by atoms with Crippen LogP contribution in [-0.4, -0.2) is 18.7 Å². The first kappa shape index (κ1) is 19.3. The van der Waals surface area contributed by atoms with E-state index in [9.17, 15) is 14.0 Å². The first-order valence-corrected chi connectivity index (χ1v) is 9.32. The molecule has 2 aliphatic rings. The molecule has 6 nitrogen and oxygen atoms in total. The molecule has 2 aromatic rings. The third-order valence-electron chi connectivity index (χ3n) is 4.84. The van der Waals surface area contributed by atoms with Gasteiger partial charge in [0.1, 0.15) is 12.4 Å². The minimum absolute atomic E-state index is 0.0159. The fourth-order valence-electron chi connectivity index (χ4n) is 3.52. The average Bonchev–Trinajstić information content (AvgIpc) is 3.13. The van der Waals surface area contributed by atoms with Crippen LogP contribution in [0.1, 0.15) is 30.4 Å². The van der Waals surface area contributed by atoms with Crippen LogP contribution in [0, 0.1) is 5.82 Å². The molecule has 0 saturated heterocycles. The maximum Gasteiger partial charge on any atom is 0.336 e. The molecule has 1 atom stereocenters. The van der Waals surface area contributed by atoms with Crippen molar-refractivity contribution < 1.29 is 28.2 Å². The number of amides is 1. The third-order valence-corrected chi connectivity index (χ3v) is 5.17. The molecule has 150 valence electrons. The van der Waals surface area contributed by atoms with Gasteiger partial charge in [-0.15, -0.1) is 0 Å². The summed E-state index contributed by atoms with van der Waals surface area (Å²) >= 11 is 6.18. The number of allylic oxidation sites excluding steroid dienone is 1. The van der Waals surface area contributed by atoms with Crippen molar-refractivity contribution in [2.45, 2.75) is 25.9 Å². The number of carbonyl (C=O) groups excluding carboxylic acids is 2. The molecule has 4 rings (SSSR count). The molecule has 0 aromatic heterocycles. The fraction of sp³-hybridized carbons (Fsp3) is 0.238. The van der Waals surface area contributed by atoms with Crippen LogP contribution in [0.15, 0.2) is 47.7 Å². The molecule has 0 aliphatic carbocycles. The number of nitrogens with one attached hydrogen (secondary N) is 1. The van der Waals surface area contributed by atoms with Gasteiger partial charge in [-0.3, -0.25) is 4.79 Å². The molecule has 0 saturated carbocycles. The van der Waals surface area contributed by atoms with Gasteiger partial charge in [-0.05, 0) is 36.8 Å². The molecule has 2 heterocycles. The maximum absolute atomic E-state index is 14.5. The number of benzene rings is 2. The Labute approximate surface area is 171 Å². The average molecular weight is 418 g/mol. The number of fused-ring (bicyclic) bond motifs is 1. The van der Waals surface area contributed by atoms with Crippen LogP contribution < -0.4 is 14.8 Å². The van der Waals surface area contributed by atoms with Gasteiger partial charge < -0.3 is 19.5 Å². The van der Waals surface area contributed by atoms with E-state index in [1.54, 1.807) is 25.1 Å². The molecule has 2 aromatic carbocycles. The molecular formula is C21H17ClFNO5. The summed E-state index contributed by atoms with van der Waals surface area (Å²) in [5, 5.41) is 2.77. The highest BCUT2D eigenvalue weighted by atomic mass is 35.5. The quantitative estimate of drug-likeness (QED) is 0.765. The lowest BCUT2D eigenvalue weighted by Gasteiger charge is -2.27. The Bertz CT molecular complexity index is 1020. The van der Waals surface area contributed by atoms with Crippen molar-refractivity contribution in [1.29, 1.82) is 0 Å². The van der Waals surface area contributed by atoms with Gasteiger partial charge in [-0.2, -0.15) is 0 Å². The maximum atomic E-state index is 14.5. The zero-order valence-corrected chi connectivity index (χ0v) is 16.2. The van der Waals surface area contributed by atoms with E-state index >= 15 is 0 Å². The molecule has 0 bridgehead atoms. The van der Waals surface area contributed by atoms with Gasteiger partial charge in [-0.1, -0.05) is 23.7 Å². The fourth-order valence-corrected chi connectivity index (χ4v) is 3.81. The van der Waals surface area contributed by atoms with Crippen molar-refractivity contribution in [3.8, 4) is 11.5 Å². The van der Waals surface area contributed by atoms with Crippen LogP contribution >= 0.6 is 11.6 Å². The van der Waals surface area contributed by atoms with Crippen molar-refractivity contribution >= 4 is 23.5 Å². The van der Waals surface area contributed by atoms with Gasteiger partial charge >= 0.3 is 5.97 Å². The van der Waals surface area contributed by atoms with Crippen LogP contribution in [0.3, 0.4) is 0 Å². The van der Waals surface area contributed by atoms with E-state index in [4.69, 9.17) is 25.8 Å². The summed E-state index contributed by atoms with van der Waals surface area (Å²) in [6, 6.07) is 9.47. The summed E-state index contributed by atoms with van der Waals surface area (Å²) in [4.78, 5) is 24.9. The second-order valence-corrected chi connectivity index (χ2v) is 7.15. The predicted octanol–water partition coefficient (Wildman–Crippen LogP) is 3.83. The van der Waals surface area contributed by atoms with E-state index in [0.29, 0.717) is 22.8 Å². The molecule has 1 N–H and O–H groups in total. The number of hydrogen-bond donors (Lipinski definition) is 1. The lowest BCUT2D eigenvalue weighted by Crippen LogP contribution is -2.34. The van der Waals surface area contributed by atoms with Crippen LogP contribution in [0.5, 0.6) is 11.5 Å². The monoisotopic (exact) mass is 417 g/mol. The highest BCUT2D eigenvalue weighted by Crippen LogP contribution is 2.39. The molecule has 1 amide bonds. The summed E-state index contributed by atoms with van der Waals surface area (Å²) in [6.45, 7) is 1.71. The van der Waals surface area contributed by atoms with Gasteiger partial charge in [0, 0.05) is 28.6 Å². The Morgan fingerprint density at radius 3 is 2.86 bits per heavy atom. The smallest absolute Gasteiger partial charge is 0.336 e. The van der Waals surface area contributed by atoms with E-state index in [0.717, 1.165) is 0 Å². The highest BCUT2D eigenvalue weighted by Gasteiger charge is 2.35. The van der Waals surface area contributed by atoms with Crippen LogP contribution in [0.4, 0.5) is 4.39 Å². The standard InChI is InChI=1S/C21H17ClFNO5/c1-11-19(13(8-18(25)24-11)20-14(22)3-2-4-15(20)23)21(26)27-9-12-5-6-16-17(7-12)29-10-28-16/h2-7,13H,8-10H2,1H3,(H,24,25)/t13-/m1/s1. The summed E-state index contributed by atoms with van der Waals surface area (Å²) in [7, 11) is 0. The summed E-state index contributed by atoms with van der Waals surface area (Å²) in [5.41, 5.74) is 1.32. The van der Waals surface area contributed by atoms with Crippen molar-refractivity contribution in [2.24, 2.45) is 0 Å². The normalized spacial score (nSPS) is 17.9. The molecule has 0 unspecified atom stereocenters. The SMILES string of the molecule is CC1=C(C(=O)OCc2ccc3c(c2)OCO3)[C@H](c2c(F)cccc2Cl)CC(=O)N1. The third kappa shape index (κ3) is 3.78. The first-order chi connectivity index (χ1) is 13.9. The van der Waals surface area contributed by atoms with E-state index in [1.807, 2.05) is 0 Å². The Morgan fingerprint density at radius 2 is 2.07 bits per heavy atom. The molecule has 8 heteroatoms. The van der Waals surface area contributed by atoms with Gasteiger partial charge in [0.2, 0.25) is 12.7 Å². The molecule has 2 aliphatic heterocycles. The molecule has 29 heavy (non-hydrogen) atoms. The Morgan fingerprint density at radius 1 is 1.28 bits per heavy atom. The predicted molar refractivity (Wildman–Crippen MR) is 102 cm³/mol. The van der Waals surface area contributed by atoms with Gasteiger partial charge in [0.15, 0.2) is 11.5 Å². The lowest BCUT2D eigenvalue weighted by atomic mass is 9.84. The van der Waals surface area contributed by atoms with Crippen molar-refractivity contribution in [3.05, 3.63) is 69.6 Å². The summed E-state index contributed by atoms with van der Waals surface area (Å²) < 4.78 is 30.5.